The van der Waals surface area contributed by atoms with Crippen LogP contribution in [0.4, 0.5) is 13.2 Å². The van der Waals surface area contributed by atoms with E-state index in [1.807, 2.05) is 12.1 Å². The molecule has 0 saturated heterocycles. The van der Waals surface area contributed by atoms with Gasteiger partial charge in [0.25, 0.3) is 5.56 Å². The summed E-state index contributed by atoms with van der Waals surface area (Å²) in [5.74, 6) is 0.504. The molecule has 3 heterocycles. The molecule has 0 aliphatic carbocycles. The Kier molecular flexibility index (Phi) is 5.89. The number of aromatic nitrogens is 4. The normalized spacial score (nSPS) is 11.6. The number of nitrogens with one attached hydrogen (secondary N) is 1. The van der Waals surface area contributed by atoms with Gasteiger partial charge in [0.05, 0.1) is 23.1 Å². The summed E-state index contributed by atoms with van der Waals surface area (Å²) in [6, 6.07) is 8.96. The van der Waals surface area contributed by atoms with E-state index in [4.69, 9.17) is 4.74 Å². The van der Waals surface area contributed by atoms with Crippen molar-refractivity contribution in [1.82, 2.24) is 19.9 Å². The molecule has 3 aromatic heterocycles. The maximum atomic E-state index is 13.0. The highest BCUT2D eigenvalue weighted by atomic mass is 19.4. The number of aromatic amines is 1. The Balaban J connectivity index is 1.56. The molecule has 0 unspecified atom stereocenters. The van der Waals surface area contributed by atoms with Gasteiger partial charge in [0, 0.05) is 18.6 Å². The molecule has 0 spiro atoms. The first-order valence-corrected chi connectivity index (χ1v) is 9.91. The van der Waals surface area contributed by atoms with E-state index in [0.29, 0.717) is 28.8 Å². The van der Waals surface area contributed by atoms with E-state index < -0.39 is 17.3 Å². The number of ether oxygens (including phenoxy) is 1. The lowest BCUT2D eigenvalue weighted by Gasteiger charge is -2.11. The number of hydrogen-bond donors (Lipinski definition) is 1. The summed E-state index contributed by atoms with van der Waals surface area (Å²) >= 11 is 0. The Bertz CT molecular complexity index is 1300. The summed E-state index contributed by atoms with van der Waals surface area (Å²) in [5, 5.41) is 0.296. The van der Waals surface area contributed by atoms with Crippen LogP contribution in [-0.4, -0.2) is 26.5 Å². The minimum Gasteiger partial charge on any atom is -0.494 e. The monoisotopic (exact) mass is 440 g/mol. The Hall–Kier alpha value is -3.75. The predicted molar refractivity (Wildman–Crippen MR) is 113 cm³/mol. The molecule has 1 aromatic carbocycles. The molecule has 9 heteroatoms. The topological polar surface area (TPSA) is 80.8 Å². The van der Waals surface area contributed by atoms with E-state index in [1.54, 1.807) is 31.5 Å². The van der Waals surface area contributed by atoms with Gasteiger partial charge in [-0.05, 0) is 67.3 Å². The van der Waals surface area contributed by atoms with Crippen LogP contribution in [0.15, 0.2) is 59.8 Å². The number of pyridine rings is 2. The van der Waals surface area contributed by atoms with E-state index in [-0.39, 0.29) is 11.5 Å². The number of nitrogens with zero attached hydrogens (tertiary/aromatic N) is 3. The molecule has 0 fully saturated rings. The van der Waals surface area contributed by atoms with Crippen molar-refractivity contribution >= 4 is 10.9 Å². The number of hydrogen-bond acceptors (Lipinski definition) is 5. The Morgan fingerprint density at radius 1 is 1.06 bits per heavy atom. The maximum Gasteiger partial charge on any atom is 0.416 e. The van der Waals surface area contributed by atoms with E-state index in [1.165, 1.54) is 0 Å². The highest BCUT2D eigenvalue weighted by Crippen LogP contribution is 2.31. The van der Waals surface area contributed by atoms with Crippen molar-refractivity contribution < 1.29 is 17.9 Å². The van der Waals surface area contributed by atoms with Crippen LogP contribution in [0.1, 0.15) is 23.1 Å². The minimum atomic E-state index is -4.52. The van der Waals surface area contributed by atoms with Crippen LogP contribution in [0, 0.1) is 6.92 Å². The van der Waals surface area contributed by atoms with Gasteiger partial charge in [-0.2, -0.15) is 13.2 Å². The first-order chi connectivity index (χ1) is 15.3. The second-order valence-electron chi connectivity index (χ2n) is 7.29. The van der Waals surface area contributed by atoms with Crippen LogP contribution in [0.2, 0.25) is 0 Å². The van der Waals surface area contributed by atoms with Crippen molar-refractivity contribution in [3.63, 3.8) is 0 Å². The van der Waals surface area contributed by atoms with Gasteiger partial charge in [0.1, 0.15) is 11.4 Å². The highest BCUT2D eigenvalue weighted by Gasteiger charge is 2.31. The van der Waals surface area contributed by atoms with Crippen molar-refractivity contribution in [2.45, 2.75) is 25.9 Å². The zero-order chi connectivity index (χ0) is 22.7. The van der Waals surface area contributed by atoms with E-state index in [0.717, 1.165) is 36.7 Å². The molecule has 32 heavy (non-hydrogen) atoms. The van der Waals surface area contributed by atoms with Crippen molar-refractivity contribution in [2.24, 2.45) is 0 Å². The third-order valence-electron chi connectivity index (χ3n) is 4.93. The van der Waals surface area contributed by atoms with Gasteiger partial charge in [0.2, 0.25) is 0 Å². The molecule has 0 atom stereocenters. The van der Waals surface area contributed by atoms with Crippen molar-refractivity contribution in [2.75, 3.05) is 6.61 Å². The van der Waals surface area contributed by atoms with Crippen LogP contribution in [-0.2, 0) is 12.6 Å². The molecule has 4 rings (SSSR count). The van der Waals surface area contributed by atoms with Crippen LogP contribution in [0.5, 0.6) is 5.75 Å². The fourth-order valence-corrected chi connectivity index (χ4v) is 3.34. The summed E-state index contributed by atoms with van der Waals surface area (Å²) in [7, 11) is 0. The number of aryl methyl sites for hydroxylation is 2. The first kappa shape index (κ1) is 21.5. The molecule has 0 radical (unpaired) electrons. The van der Waals surface area contributed by atoms with Crippen molar-refractivity contribution in [1.29, 1.82) is 0 Å². The molecule has 0 aliphatic heterocycles. The average Bonchev–Trinajstić information content (AvgIpc) is 2.77. The van der Waals surface area contributed by atoms with Gasteiger partial charge < -0.3 is 9.72 Å². The fraction of sp³-hybridized carbons (Fsp3) is 0.217. The maximum absolute atomic E-state index is 13.0. The smallest absolute Gasteiger partial charge is 0.416 e. The van der Waals surface area contributed by atoms with Gasteiger partial charge in [-0.15, -0.1) is 0 Å². The van der Waals surface area contributed by atoms with Gasteiger partial charge >= 0.3 is 6.18 Å². The number of halogens is 3. The Labute approximate surface area is 181 Å². The van der Waals surface area contributed by atoms with Crippen molar-refractivity contribution in [3.8, 4) is 17.3 Å². The van der Waals surface area contributed by atoms with E-state index in [2.05, 4.69) is 19.9 Å². The third-order valence-corrected chi connectivity index (χ3v) is 4.93. The van der Waals surface area contributed by atoms with E-state index >= 15 is 0 Å². The van der Waals surface area contributed by atoms with E-state index in [9.17, 15) is 18.0 Å². The molecule has 1 N–H and O–H groups in total. The molecule has 6 nitrogen and oxygen atoms in total. The molecule has 0 amide bonds. The Morgan fingerprint density at radius 2 is 1.84 bits per heavy atom. The largest absolute Gasteiger partial charge is 0.494 e. The summed E-state index contributed by atoms with van der Waals surface area (Å²) in [4.78, 5) is 27.5. The zero-order valence-electron chi connectivity index (χ0n) is 17.1. The minimum absolute atomic E-state index is 0.0253. The lowest BCUT2D eigenvalue weighted by molar-refractivity contribution is -0.137. The lowest BCUT2D eigenvalue weighted by atomic mass is 10.1. The highest BCUT2D eigenvalue weighted by molar-refractivity contribution is 5.83. The first-order valence-electron chi connectivity index (χ1n) is 9.91. The second-order valence-corrected chi connectivity index (χ2v) is 7.29. The molecule has 0 bridgehead atoms. The molecule has 0 saturated carbocycles. The number of alkyl halides is 3. The summed E-state index contributed by atoms with van der Waals surface area (Å²) in [5.41, 5.74) is 0.814. The predicted octanol–water partition coefficient (Wildman–Crippen LogP) is 4.72. The lowest BCUT2D eigenvalue weighted by Crippen LogP contribution is -2.12. The standard InChI is InChI=1S/C23H19F3N4O2/c1-14-11-17(32-10-2-3-15-4-7-27-8-5-15)13-18-20(14)29-21(30-22(18)31)19-12-16(6-9-28-19)23(24,25)26/h4-9,11-13H,2-3,10H2,1H3,(H,29,30,31). The van der Waals surface area contributed by atoms with Gasteiger partial charge in [-0.25, -0.2) is 4.98 Å². The number of benzene rings is 1. The molecular formula is C23H19F3N4O2. The van der Waals surface area contributed by atoms with Crippen LogP contribution >= 0.6 is 0 Å². The fourth-order valence-electron chi connectivity index (χ4n) is 3.34. The molecule has 164 valence electrons. The van der Waals surface area contributed by atoms with Crippen LogP contribution in [0.3, 0.4) is 0 Å². The average molecular weight is 440 g/mol. The summed E-state index contributed by atoms with van der Waals surface area (Å²) in [6.07, 6.45) is 1.63. The quantitative estimate of drug-likeness (QED) is 0.439. The molecule has 0 aliphatic rings. The molecular weight excluding hydrogens is 421 g/mol. The zero-order valence-corrected chi connectivity index (χ0v) is 17.1. The van der Waals surface area contributed by atoms with Crippen LogP contribution in [0.25, 0.3) is 22.4 Å². The van der Waals surface area contributed by atoms with Gasteiger partial charge in [-0.1, -0.05) is 0 Å². The van der Waals surface area contributed by atoms with Gasteiger partial charge in [0.15, 0.2) is 5.82 Å². The summed E-state index contributed by atoms with van der Waals surface area (Å²) < 4.78 is 44.8. The third kappa shape index (κ3) is 4.77. The van der Waals surface area contributed by atoms with Crippen molar-refractivity contribution in [3.05, 3.63) is 82.0 Å². The molecule has 4 aromatic rings. The number of rotatable bonds is 6. The SMILES string of the molecule is Cc1cc(OCCCc2ccncc2)cc2c(=O)[nH]c(-c3cc(C(F)(F)F)ccn3)nc12. The number of H-pyrrole nitrogens is 1. The van der Waals surface area contributed by atoms with Gasteiger partial charge in [-0.3, -0.25) is 14.8 Å². The second kappa shape index (κ2) is 8.78. The number of fused-ring (bicyclic) bond motifs is 1. The Morgan fingerprint density at radius 3 is 2.59 bits per heavy atom. The summed E-state index contributed by atoms with van der Waals surface area (Å²) in [6.45, 7) is 2.23. The van der Waals surface area contributed by atoms with Crippen LogP contribution < -0.4 is 10.3 Å².